The van der Waals surface area contributed by atoms with Crippen molar-refractivity contribution in [2.75, 3.05) is 0 Å². The van der Waals surface area contributed by atoms with Crippen molar-refractivity contribution < 1.29 is 4.39 Å². The molecule has 2 rings (SSSR count). The average molecular weight is 347 g/mol. The van der Waals surface area contributed by atoms with Crippen LogP contribution in [0.3, 0.4) is 0 Å². The minimum absolute atomic E-state index is 0.0368. The summed E-state index contributed by atoms with van der Waals surface area (Å²) in [4.78, 5) is 0. The summed E-state index contributed by atoms with van der Waals surface area (Å²) in [6.07, 6.45) is 4.39. The Kier molecular flexibility index (Phi) is 6.39. The summed E-state index contributed by atoms with van der Waals surface area (Å²) in [5.41, 5.74) is 3.14. The van der Waals surface area contributed by atoms with Gasteiger partial charge in [0.1, 0.15) is 6.17 Å². The molecule has 3 unspecified atom stereocenters. The van der Waals surface area contributed by atoms with Crippen LogP contribution in [0.5, 0.6) is 0 Å². The molecule has 0 saturated heterocycles. The Hall–Kier alpha value is -0.850. The van der Waals surface area contributed by atoms with Crippen molar-refractivity contribution in [2.24, 2.45) is 23.2 Å². The third-order valence-electron chi connectivity index (χ3n) is 6.28. The van der Waals surface area contributed by atoms with Gasteiger partial charge in [-0.05, 0) is 71.8 Å². The van der Waals surface area contributed by atoms with Gasteiger partial charge in [0.2, 0.25) is 0 Å². The molecule has 0 aromatic heterocycles. The smallest absolute Gasteiger partial charge is 0.103 e. The molecule has 1 aromatic carbocycles. The van der Waals surface area contributed by atoms with E-state index in [1.165, 1.54) is 17.5 Å². The molecule has 0 spiro atoms. The van der Waals surface area contributed by atoms with Crippen LogP contribution in [0.2, 0.25) is 0 Å². The number of hydrogen-bond acceptors (Lipinski definition) is 0. The highest BCUT2D eigenvalue weighted by molar-refractivity contribution is 5.34. The van der Waals surface area contributed by atoms with Gasteiger partial charge in [0, 0.05) is 0 Å². The van der Waals surface area contributed by atoms with Crippen LogP contribution in [0.1, 0.15) is 85.3 Å². The molecule has 142 valence electrons. The van der Waals surface area contributed by atoms with Crippen LogP contribution in [0, 0.1) is 23.2 Å². The van der Waals surface area contributed by atoms with Crippen molar-refractivity contribution in [2.45, 2.75) is 92.2 Å². The van der Waals surface area contributed by atoms with Gasteiger partial charge in [0.05, 0.1) is 0 Å². The maximum Gasteiger partial charge on any atom is 0.103 e. The Labute approximate surface area is 155 Å². The van der Waals surface area contributed by atoms with Crippen molar-refractivity contribution >= 4 is 0 Å². The number of rotatable bonds is 5. The van der Waals surface area contributed by atoms with E-state index < -0.39 is 6.17 Å². The highest BCUT2D eigenvalue weighted by atomic mass is 19.1. The van der Waals surface area contributed by atoms with E-state index in [-0.39, 0.29) is 16.7 Å². The third-order valence-corrected chi connectivity index (χ3v) is 6.28. The van der Waals surface area contributed by atoms with E-state index in [4.69, 9.17) is 0 Å². The van der Waals surface area contributed by atoms with E-state index in [0.717, 1.165) is 25.7 Å². The quantitative estimate of drug-likeness (QED) is 0.522. The summed E-state index contributed by atoms with van der Waals surface area (Å²) in [7, 11) is 0. The first-order valence-electron chi connectivity index (χ1n) is 10.2. The molecule has 0 amide bonds. The van der Waals surface area contributed by atoms with Crippen molar-refractivity contribution in [3.05, 3.63) is 35.4 Å². The van der Waals surface area contributed by atoms with E-state index in [1.807, 2.05) is 0 Å². The number of benzene rings is 1. The van der Waals surface area contributed by atoms with Crippen molar-refractivity contribution in [3.8, 4) is 0 Å². The predicted octanol–water partition coefficient (Wildman–Crippen LogP) is 7.35. The minimum Gasteiger partial charge on any atom is -0.247 e. The molecular weight excluding hydrogens is 307 g/mol. The number of alkyl halides is 1. The van der Waals surface area contributed by atoms with Crippen LogP contribution in [0.15, 0.2) is 24.3 Å². The van der Waals surface area contributed by atoms with E-state index in [9.17, 15) is 4.39 Å². The van der Waals surface area contributed by atoms with Crippen LogP contribution >= 0.6 is 0 Å². The molecule has 1 heteroatoms. The Bertz CT molecular complexity index is 549. The maximum absolute atomic E-state index is 15.0. The van der Waals surface area contributed by atoms with Gasteiger partial charge in [-0.25, -0.2) is 4.39 Å². The van der Waals surface area contributed by atoms with Crippen LogP contribution in [0.25, 0.3) is 0 Å². The van der Waals surface area contributed by atoms with E-state index >= 15 is 0 Å². The van der Waals surface area contributed by atoms with Gasteiger partial charge in [-0.2, -0.15) is 0 Å². The van der Waals surface area contributed by atoms with Gasteiger partial charge in [-0.3, -0.25) is 0 Å². The normalized spacial score (nSPS) is 25.4. The van der Waals surface area contributed by atoms with Crippen molar-refractivity contribution in [1.29, 1.82) is 0 Å². The molecule has 3 atom stereocenters. The molecule has 1 aliphatic rings. The summed E-state index contributed by atoms with van der Waals surface area (Å²) in [5, 5.41) is 0. The van der Waals surface area contributed by atoms with E-state index in [0.29, 0.717) is 11.8 Å². The second kappa shape index (κ2) is 7.80. The topological polar surface area (TPSA) is 0 Å². The summed E-state index contributed by atoms with van der Waals surface area (Å²) in [6, 6.07) is 8.82. The lowest BCUT2D eigenvalue weighted by atomic mass is 9.65. The Morgan fingerprint density at radius 2 is 1.68 bits per heavy atom. The lowest BCUT2D eigenvalue weighted by Gasteiger charge is -2.41. The van der Waals surface area contributed by atoms with Gasteiger partial charge < -0.3 is 0 Å². The standard InChI is InChI=1S/C24H39F/c1-17(2)14-18-10-8-9-11-21(18)24(6,7)16-19-12-13-20(15-22(19)25)23(3,4)5/h8-11,17,19-20,22H,12-16H2,1-7H3. The van der Waals surface area contributed by atoms with Crippen molar-refractivity contribution in [1.82, 2.24) is 0 Å². The highest BCUT2D eigenvalue weighted by Crippen LogP contribution is 2.45. The summed E-state index contributed by atoms with van der Waals surface area (Å²) in [5.74, 6) is 1.38. The molecule has 1 aromatic rings. The second-order valence-electron chi connectivity index (χ2n) is 10.5. The van der Waals surface area contributed by atoms with Gasteiger partial charge in [-0.15, -0.1) is 0 Å². The number of halogens is 1. The summed E-state index contributed by atoms with van der Waals surface area (Å²) >= 11 is 0. The largest absolute Gasteiger partial charge is 0.247 e. The van der Waals surface area contributed by atoms with Crippen LogP contribution in [0.4, 0.5) is 4.39 Å². The van der Waals surface area contributed by atoms with Gasteiger partial charge >= 0.3 is 0 Å². The first-order valence-corrected chi connectivity index (χ1v) is 10.2. The fourth-order valence-electron chi connectivity index (χ4n) is 4.76. The summed E-state index contributed by atoms with van der Waals surface area (Å²) < 4.78 is 15.0. The fourth-order valence-corrected chi connectivity index (χ4v) is 4.76. The zero-order valence-corrected chi connectivity index (χ0v) is 17.5. The van der Waals surface area contributed by atoms with Crippen LogP contribution in [-0.4, -0.2) is 6.17 Å². The maximum atomic E-state index is 15.0. The Balaban J connectivity index is 2.12. The first kappa shape index (κ1) is 20.5. The lowest BCUT2D eigenvalue weighted by molar-refractivity contribution is 0.0575. The van der Waals surface area contributed by atoms with Gasteiger partial charge in [0.15, 0.2) is 0 Å². The van der Waals surface area contributed by atoms with Gasteiger partial charge in [0.25, 0.3) is 0 Å². The average Bonchev–Trinajstić information content (AvgIpc) is 2.48. The molecule has 25 heavy (non-hydrogen) atoms. The highest BCUT2D eigenvalue weighted by Gasteiger charge is 2.39. The molecule has 0 heterocycles. The number of hydrogen-bond donors (Lipinski definition) is 0. The van der Waals surface area contributed by atoms with E-state index in [2.05, 4.69) is 72.7 Å². The SMILES string of the molecule is CC(C)Cc1ccccc1C(C)(C)CC1CCC(C(C)(C)C)CC1F. The third kappa shape index (κ3) is 5.31. The summed E-state index contributed by atoms with van der Waals surface area (Å²) in [6.45, 7) is 16.0. The predicted molar refractivity (Wildman–Crippen MR) is 108 cm³/mol. The molecule has 0 radical (unpaired) electrons. The lowest BCUT2D eigenvalue weighted by Crippen LogP contribution is -2.36. The molecular formula is C24H39F. The molecule has 0 bridgehead atoms. The Morgan fingerprint density at radius 3 is 2.24 bits per heavy atom. The van der Waals surface area contributed by atoms with Crippen LogP contribution < -0.4 is 0 Å². The van der Waals surface area contributed by atoms with Gasteiger partial charge in [-0.1, -0.05) is 72.7 Å². The first-order chi connectivity index (χ1) is 11.5. The van der Waals surface area contributed by atoms with Crippen molar-refractivity contribution in [3.63, 3.8) is 0 Å². The molecule has 0 N–H and O–H groups in total. The molecule has 1 aliphatic carbocycles. The minimum atomic E-state index is -0.644. The molecule has 0 aliphatic heterocycles. The molecule has 1 fully saturated rings. The fraction of sp³-hybridized carbons (Fsp3) is 0.750. The monoisotopic (exact) mass is 346 g/mol. The zero-order valence-electron chi connectivity index (χ0n) is 17.5. The van der Waals surface area contributed by atoms with E-state index in [1.54, 1.807) is 0 Å². The Morgan fingerprint density at radius 1 is 1.04 bits per heavy atom. The zero-order chi connectivity index (χ0) is 18.8. The second-order valence-corrected chi connectivity index (χ2v) is 10.5. The molecule has 0 nitrogen and oxygen atoms in total. The van der Waals surface area contributed by atoms with Crippen LogP contribution in [-0.2, 0) is 11.8 Å². The molecule has 1 saturated carbocycles.